The van der Waals surface area contributed by atoms with E-state index in [0.29, 0.717) is 18.4 Å². The quantitative estimate of drug-likeness (QED) is 0.865. The Morgan fingerprint density at radius 1 is 1.04 bits per heavy atom. The molecule has 0 saturated carbocycles. The highest BCUT2D eigenvalue weighted by Crippen LogP contribution is 2.33. The Labute approximate surface area is 167 Å². The third kappa shape index (κ3) is 4.13. The van der Waals surface area contributed by atoms with Gasteiger partial charge in [-0.15, -0.1) is 0 Å². The van der Waals surface area contributed by atoms with Crippen molar-refractivity contribution in [1.82, 2.24) is 10.2 Å². The van der Waals surface area contributed by atoms with Crippen LogP contribution in [0.15, 0.2) is 54.6 Å². The molecule has 0 aliphatic carbocycles. The topological polar surface area (TPSA) is 41.6 Å². The van der Waals surface area contributed by atoms with E-state index in [1.165, 1.54) is 16.7 Å². The van der Waals surface area contributed by atoms with Crippen molar-refractivity contribution < 1.29 is 9.53 Å². The minimum absolute atomic E-state index is 0.0334. The van der Waals surface area contributed by atoms with Gasteiger partial charge in [0.1, 0.15) is 0 Å². The summed E-state index contributed by atoms with van der Waals surface area (Å²) in [4.78, 5) is 15.4. The van der Waals surface area contributed by atoms with Crippen LogP contribution in [0.5, 0.6) is 0 Å². The molecular weight excluding hydrogens is 348 g/mol. The number of rotatable bonds is 5. The number of carbonyl (C=O) groups is 1. The first kappa shape index (κ1) is 19.2. The molecule has 2 aliphatic heterocycles. The van der Waals surface area contributed by atoms with Gasteiger partial charge in [0, 0.05) is 39.2 Å². The number of ether oxygens (including phenoxy) is 1. The molecule has 2 atom stereocenters. The minimum atomic E-state index is 0.0334. The van der Waals surface area contributed by atoms with Crippen molar-refractivity contribution in [1.29, 1.82) is 0 Å². The molecule has 0 radical (unpaired) electrons. The van der Waals surface area contributed by atoms with Gasteiger partial charge in [0.05, 0.1) is 12.5 Å². The lowest BCUT2D eigenvalue weighted by Crippen LogP contribution is -2.43. The fourth-order valence-electron chi connectivity index (χ4n) is 4.76. The minimum Gasteiger partial charge on any atom is -0.380 e. The number of hydrogen-bond acceptors (Lipinski definition) is 3. The number of nitrogens with zero attached hydrogens (tertiary/aromatic N) is 1. The SMILES string of the molecule is COCc1cccc([C@@H]2CNC[C@H]2C(=O)N2CCC(c3ccccc3)CC2)c1. The van der Waals surface area contributed by atoms with Crippen LogP contribution >= 0.6 is 0 Å². The maximum Gasteiger partial charge on any atom is 0.227 e. The van der Waals surface area contributed by atoms with E-state index >= 15 is 0 Å². The molecule has 148 valence electrons. The number of nitrogens with one attached hydrogen (secondary N) is 1. The maximum absolute atomic E-state index is 13.3. The van der Waals surface area contributed by atoms with Crippen LogP contribution in [-0.2, 0) is 16.1 Å². The Bertz CT molecular complexity index is 784. The van der Waals surface area contributed by atoms with Crippen LogP contribution in [0.4, 0.5) is 0 Å². The van der Waals surface area contributed by atoms with Crippen LogP contribution in [0.1, 0.15) is 41.4 Å². The molecule has 2 aromatic rings. The molecule has 4 heteroatoms. The summed E-state index contributed by atoms with van der Waals surface area (Å²) >= 11 is 0. The summed E-state index contributed by atoms with van der Waals surface area (Å²) in [5.41, 5.74) is 3.82. The molecule has 4 nitrogen and oxygen atoms in total. The normalized spacial score (nSPS) is 23.1. The van der Waals surface area contributed by atoms with Gasteiger partial charge in [-0.25, -0.2) is 0 Å². The number of benzene rings is 2. The zero-order chi connectivity index (χ0) is 19.3. The number of likely N-dealkylation sites (tertiary alicyclic amines) is 1. The van der Waals surface area contributed by atoms with Crippen molar-refractivity contribution in [3.05, 3.63) is 71.3 Å². The second-order valence-electron chi connectivity index (χ2n) is 8.06. The van der Waals surface area contributed by atoms with Crippen LogP contribution in [0.2, 0.25) is 0 Å². The van der Waals surface area contributed by atoms with E-state index in [2.05, 4.69) is 64.8 Å². The van der Waals surface area contributed by atoms with Crippen molar-refractivity contribution >= 4 is 5.91 Å². The highest BCUT2D eigenvalue weighted by Gasteiger charge is 2.37. The third-order valence-electron chi connectivity index (χ3n) is 6.30. The Hall–Kier alpha value is -2.17. The second-order valence-corrected chi connectivity index (χ2v) is 8.06. The van der Waals surface area contributed by atoms with Crippen LogP contribution < -0.4 is 5.32 Å². The summed E-state index contributed by atoms with van der Waals surface area (Å²) in [6.07, 6.45) is 2.12. The van der Waals surface area contributed by atoms with Crippen LogP contribution in [-0.4, -0.2) is 44.1 Å². The molecule has 2 heterocycles. The smallest absolute Gasteiger partial charge is 0.227 e. The van der Waals surface area contributed by atoms with Gasteiger partial charge in [0.25, 0.3) is 0 Å². The molecule has 0 spiro atoms. The number of methoxy groups -OCH3 is 1. The average Bonchev–Trinajstić information content (AvgIpc) is 3.24. The van der Waals surface area contributed by atoms with Crippen molar-refractivity contribution in [3.8, 4) is 0 Å². The maximum atomic E-state index is 13.3. The Morgan fingerprint density at radius 3 is 2.54 bits per heavy atom. The summed E-state index contributed by atoms with van der Waals surface area (Å²) in [6, 6.07) is 19.2. The Morgan fingerprint density at radius 2 is 1.79 bits per heavy atom. The molecule has 0 aromatic heterocycles. The van der Waals surface area contributed by atoms with E-state index in [4.69, 9.17) is 4.74 Å². The fraction of sp³-hybridized carbons (Fsp3) is 0.458. The monoisotopic (exact) mass is 378 g/mol. The van der Waals surface area contributed by atoms with Gasteiger partial charge in [-0.1, -0.05) is 54.6 Å². The lowest BCUT2D eigenvalue weighted by atomic mass is 9.85. The standard InChI is InChI=1S/C24H30N2O2/c1-28-17-18-6-5-9-21(14-18)22-15-25-16-23(22)24(27)26-12-10-20(11-13-26)19-7-3-2-4-8-19/h2-9,14,20,22-23,25H,10-13,15-17H2,1H3/t22-,23+/m0/s1. The van der Waals surface area contributed by atoms with Crippen LogP contribution in [0, 0.1) is 5.92 Å². The number of carbonyl (C=O) groups excluding carboxylic acids is 1. The molecule has 0 bridgehead atoms. The first-order valence-corrected chi connectivity index (χ1v) is 10.4. The molecule has 2 aliphatic rings. The summed E-state index contributed by atoms with van der Waals surface area (Å²) in [7, 11) is 1.72. The van der Waals surface area contributed by atoms with Crippen LogP contribution in [0.3, 0.4) is 0 Å². The molecule has 1 amide bonds. The Kier molecular flexibility index (Phi) is 6.08. The van der Waals surface area contributed by atoms with Crippen molar-refractivity contribution in [2.24, 2.45) is 5.92 Å². The van der Waals surface area contributed by atoms with E-state index in [9.17, 15) is 4.79 Å². The molecule has 2 fully saturated rings. The van der Waals surface area contributed by atoms with Gasteiger partial charge in [-0.2, -0.15) is 0 Å². The highest BCUT2D eigenvalue weighted by molar-refractivity contribution is 5.80. The van der Waals surface area contributed by atoms with Gasteiger partial charge in [-0.3, -0.25) is 4.79 Å². The fourth-order valence-corrected chi connectivity index (χ4v) is 4.76. The van der Waals surface area contributed by atoms with Gasteiger partial charge in [0.15, 0.2) is 0 Å². The average molecular weight is 379 g/mol. The van der Waals surface area contributed by atoms with E-state index in [1.807, 2.05) is 0 Å². The lowest BCUT2D eigenvalue weighted by Gasteiger charge is -2.35. The van der Waals surface area contributed by atoms with Crippen molar-refractivity contribution in [3.63, 3.8) is 0 Å². The second kappa shape index (κ2) is 8.89. The van der Waals surface area contributed by atoms with Gasteiger partial charge < -0.3 is 15.0 Å². The summed E-state index contributed by atoms with van der Waals surface area (Å²) < 4.78 is 5.27. The molecule has 1 N–H and O–H groups in total. The van der Waals surface area contributed by atoms with E-state index in [-0.39, 0.29) is 11.8 Å². The molecule has 0 unspecified atom stereocenters. The van der Waals surface area contributed by atoms with Crippen molar-refractivity contribution in [2.75, 3.05) is 33.3 Å². The largest absolute Gasteiger partial charge is 0.380 e. The van der Waals surface area contributed by atoms with Crippen LogP contribution in [0.25, 0.3) is 0 Å². The number of hydrogen-bond donors (Lipinski definition) is 1. The van der Waals surface area contributed by atoms with E-state index in [1.54, 1.807) is 7.11 Å². The molecule has 4 rings (SSSR count). The highest BCUT2D eigenvalue weighted by atomic mass is 16.5. The zero-order valence-corrected chi connectivity index (χ0v) is 16.6. The summed E-state index contributed by atoms with van der Waals surface area (Å²) in [5.74, 6) is 1.18. The molecular formula is C24H30N2O2. The number of amides is 1. The third-order valence-corrected chi connectivity index (χ3v) is 6.30. The summed E-state index contributed by atoms with van der Waals surface area (Å²) in [6.45, 7) is 3.99. The predicted octanol–water partition coefficient (Wildman–Crippen LogP) is 3.54. The zero-order valence-electron chi connectivity index (χ0n) is 16.6. The van der Waals surface area contributed by atoms with Gasteiger partial charge in [0.2, 0.25) is 5.91 Å². The number of piperidine rings is 1. The molecule has 2 aromatic carbocycles. The molecule has 2 saturated heterocycles. The predicted molar refractivity (Wildman–Crippen MR) is 111 cm³/mol. The van der Waals surface area contributed by atoms with Crippen molar-refractivity contribution in [2.45, 2.75) is 31.3 Å². The van der Waals surface area contributed by atoms with Gasteiger partial charge >= 0.3 is 0 Å². The lowest BCUT2D eigenvalue weighted by molar-refractivity contribution is -0.136. The Balaban J connectivity index is 1.41. The first-order valence-electron chi connectivity index (χ1n) is 10.4. The first-order chi connectivity index (χ1) is 13.8. The van der Waals surface area contributed by atoms with E-state index in [0.717, 1.165) is 39.0 Å². The van der Waals surface area contributed by atoms with E-state index < -0.39 is 0 Å². The summed E-state index contributed by atoms with van der Waals surface area (Å²) in [5, 5.41) is 3.45. The molecule has 28 heavy (non-hydrogen) atoms. The van der Waals surface area contributed by atoms with Gasteiger partial charge in [-0.05, 0) is 35.4 Å².